The van der Waals surface area contributed by atoms with Crippen molar-refractivity contribution in [3.8, 4) is 0 Å². The van der Waals surface area contributed by atoms with Gasteiger partial charge in [0.1, 0.15) is 11.6 Å². The Balaban J connectivity index is 1.71. The summed E-state index contributed by atoms with van der Waals surface area (Å²) < 4.78 is 20.9. The molecule has 1 aromatic heterocycles. The van der Waals surface area contributed by atoms with E-state index in [1.54, 1.807) is 16.9 Å². The lowest BCUT2D eigenvalue weighted by molar-refractivity contribution is -0.126. The van der Waals surface area contributed by atoms with Gasteiger partial charge in [0, 0.05) is 18.7 Å². The van der Waals surface area contributed by atoms with Crippen LogP contribution in [0.1, 0.15) is 31.9 Å². The number of aromatic nitrogens is 2. The lowest BCUT2D eigenvalue weighted by Crippen LogP contribution is -2.52. The zero-order valence-electron chi connectivity index (χ0n) is 16.3. The second-order valence-electron chi connectivity index (χ2n) is 7.34. The molecule has 1 fully saturated rings. The highest BCUT2D eigenvalue weighted by Gasteiger charge is 2.29. The third-order valence-corrected chi connectivity index (χ3v) is 4.86. The highest BCUT2D eigenvalue weighted by Crippen LogP contribution is 2.19. The van der Waals surface area contributed by atoms with E-state index in [1.807, 2.05) is 33.8 Å². The van der Waals surface area contributed by atoms with Gasteiger partial charge in [0.2, 0.25) is 5.91 Å². The molecule has 0 bridgehead atoms. The summed E-state index contributed by atoms with van der Waals surface area (Å²) in [7, 11) is 0. The van der Waals surface area contributed by atoms with Crippen molar-refractivity contribution in [1.82, 2.24) is 14.7 Å². The van der Waals surface area contributed by atoms with Gasteiger partial charge in [0.25, 0.3) is 0 Å². The fourth-order valence-electron chi connectivity index (χ4n) is 3.49. The van der Waals surface area contributed by atoms with Crippen molar-refractivity contribution in [2.75, 3.05) is 18.4 Å². The van der Waals surface area contributed by atoms with E-state index in [-0.39, 0.29) is 30.0 Å². The van der Waals surface area contributed by atoms with Gasteiger partial charge >= 0.3 is 0 Å². The number of benzene rings is 1. The number of carbonyl (C=O) groups is 1. The topological polar surface area (TPSA) is 59.4 Å². The van der Waals surface area contributed by atoms with Crippen LogP contribution in [0.15, 0.2) is 30.5 Å². The van der Waals surface area contributed by atoms with E-state index >= 15 is 0 Å². The van der Waals surface area contributed by atoms with Gasteiger partial charge in [-0.05, 0) is 45.4 Å². The lowest BCUT2D eigenvalue weighted by atomic mass is 10.1. The first-order valence-corrected chi connectivity index (χ1v) is 9.30. The Labute approximate surface area is 159 Å². The molecular weight excluding hydrogens is 347 g/mol. The van der Waals surface area contributed by atoms with Crippen molar-refractivity contribution in [1.29, 1.82) is 0 Å². The van der Waals surface area contributed by atoms with E-state index in [0.717, 1.165) is 24.2 Å². The van der Waals surface area contributed by atoms with E-state index < -0.39 is 0 Å². The fraction of sp³-hybridized carbons (Fsp3) is 0.500. The van der Waals surface area contributed by atoms with Crippen LogP contribution in [0, 0.1) is 12.7 Å². The summed E-state index contributed by atoms with van der Waals surface area (Å²) in [5.41, 5.74) is 1.66. The maximum atomic E-state index is 13.4. The van der Waals surface area contributed by atoms with E-state index in [2.05, 4.69) is 15.3 Å². The van der Waals surface area contributed by atoms with Crippen molar-refractivity contribution >= 4 is 11.7 Å². The quantitative estimate of drug-likeness (QED) is 0.874. The van der Waals surface area contributed by atoms with Gasteiger partial charge in [-0.25, -0.2) is 9.07 Å². The number of carbonyl (C=O) groups excluding carboxylic acids is 1. The van der Waals surface area contributed by atoms with Crippen LogP contribution in [0.5, 0.6) is 0 Å². The van der Waals surface area contributed by atoms with E-state index in [4.69, 9.17) is 4.74 Å². The molecule has 1 aromatic carbocycles. The van der Waals surface area contributed by atoms with Crippen LogP contribution in [0.3, 0.4) is 0 Å². The summed E-state index contributed by atoms with van der Waals surface area (Å²) >= 11 is 0. The molecule has 0 saturated carbocycles. The van der Waals surface area contributed by atoms with Crippen molar-refractivity contribution in [2.45, 2.75) is 52.5 Å². The summed E-state index contributed by atoms with van der Waals surface area (Å²) in [5.74, 6) is 0.275. The van der Waals surface area contributed by atoms with Crippen LogP contribution in [-0.4, -0.2) is 51.9 Å². The molecule has 7 heteroatoms. The molecule has 0 spiro atoms. The van der Waals surface area contributed by atoms with Gasteiger partial charge < -0.3 is 10.1 Å². The fourth-order valence-corrected chi connectivity index (χ4v) is 3.49. The molecule has 2 heterocycles. The van der Waals surface area contributed by atoms with Gasteiger partial charge in [-0.3, -0.25) is 9.69 Å². The van der Waals surface area contributed by atoms with Crippen LogP contribution in [0.25, 0.3) is 0 Å². The lowest BCUT2D eigenvalue weighted by Gasteiger charge is -2.38. The second-order valence-corrected chi connectivity index (χ2v) is 7.34. The van der Waals surface area contributed by atoms with Gasteiger partial charge in [-0.1, -0.05) is 12.1 Å². The van der Waals surface area contributed by atoms with Crippen molar-refractivity contribution in [2.24, 2.45) is 0 Å². The average Bonchev–Trinajstić information content (AvgIpc) is 2.93. The van der Waals surface area contributed by atoms with Crippen molar-refractivity contribution in [3.63, 3.8) is 0 Å². The maximum Gasteiger partial charge on any atom is 0.242 e. The van der Waals surface area contributed by atoms with E-state index in [0.29, 0.717) is 12.4 Å². The zero-order chi connectivity index (χ0) is 19.6. The van der Waals surface area contributed by atoms with Crippen molar-refractivity contribution < 1.29 is 13.9 Å². The van der Waals surface area contributed by atoms with Gasteiger partial charge in [0.15, 0.2) is 0 Å². The van der Waals surface area contributed by atoms with Crippen LogP contribution < -0.4 is 5.32 Å². The number of nitrogens with zero attached hydrogens (tertiary/aromatic N) is 3. The van der Waals surface area contributed by atoms with Crippen LogP contribution in [0.4, 0.5) is 10.2 Å². The van der Waals surface area contributed by atoms with E-state index in [1.165, 1.54) is 12.1 Å². The SMILES string of the molecule is Cc1cnn(Cc2cccc(F)c2)c1NC(=O)C(C)N1C[C@@H](C)O[C@@H](C)C1. The number of morpholine rings is 1. The highest BCUT2D eigenvalue weighted by molar-refractivity contribution is 5.94. The monoisotopic (exact) mass is 374 g/mol. The molecule has 0 aliphatic carbocycles. The Bertz CT molecular complexity index is 797. The molecule has 3 atom stereocenters. The summed E-state index contributed by atoms with van der Waals surface area (Å²) in [6.07, 6.45) is 1.91. The summed E-state index contributed by atoms with van der Waals surface area (Å²) in [6, 6.07) is 6.11. The van der Waals surface area contributed by atoms with Crippen LogP contribution >= 0.6 is 0 Å². The highest BCUT2D eigenvalue weighted by atomic mass is 19.1. The minimum absolute atomic E-state index is 0.0830. The minimum Gasteiger partial charge on any atom is -0.373 e. The summed E-state index contributed by atoms with van der Waals surface area (Å²) in [6.45, 7) is 9.68. The van der Waals surface area contributed by atoms with Gasteiger partial charge in [-0.2, -0.15) is 5.10 Å². The zero-order valence-corrected chi connectivity index (χ0v) is 16.3. The molecule has 0 radical (unpaired) electrons. The van der Waals surface area contributed by atoms with Gasteiger partial charge in [0.05, 0.1) is 31.0 Å². The molecular formula is C20H27FN4O2. The number of hydrogen-bond acceptors (Lipinski definition) is 4. The Morgan fingerprint density at radius 3 is 2.74 bits per heavy atom. The molecule has 146 valence electrons. The molecule has 1 saturated heterocycles. The largest absolute Gasteiger partial charge is 0.373 e. The normalized spacial score (nSPS) is 21.8. The first kappa shape index (κ1) is 19.5. The number of halogens is 1. The number of rotatable bonds is 5. The first-order chi connectivity index (χ1) is 12.8. The molecule has 1 amide bonds. The molecule has 2 aromatic rings. The smallest absolute Gasteiger partial charge is 0.242 e. The Morgan fingerprint density at radius 2 is 2.07 bits per heavy atom. The Hall–Kier alpha value is -2.25. The molecule has 1 N–H and O–H groups in total. The number of aryl methyl sites for hydroxylation is 1. The molecule has 27 heavy (non-hydrogen) atoms. The summed E-state index contributed by atoms with van der Waals surface area (Å²) in [5, 5.41) is 7.34. The van der Waals surface area contributed by atoms with Crippen molar-refractivity contribution in [3.05, 3.63) is 47.4 Å². The predicted molar refractivity (Wildman–Crippen MR) is 102 cm³/mol. The number of ether oxygens (including phenoxy) is 1. The molecule has 1 aliphatic heterocycles. The first-order valence-electron chi connectivity index (χ1n) is 9.30. The molecule has 1 aliphatic rings. The number of hydrogen-bond donors (Lipinski definition) is 1. The third kappa shape index (κ3) is 4.73. The Kier molecular flexibility index (Phi) is 5.92. The molecule has 3 rings (SSSR count). The van der Waals surface area contributed by atoms with E-state index in [9.17, 15) is 9.18 Å². The minimum atomic E-state index is -0.286. The molecule has 6 nitrogen and oxygen atoms in total. The summed E-state index contributed by atoms with van der Waals surface area (Å²) in [4.78, 5) is 15.0. The average molecular weight is 374 g/mol. The maximum absolute atomic E-state index is 13.4. The van der Waals surface area contributed by atoms with Crippen LogP contribution in [0.2, 0.25) is 0 Å². The van der Waals surface area contributed by atoms with Crippen LogP contribution in [-0.2, 0) is 16.1 Å². The molecule has 1 unspecified atom stereocenters. The standard InChI is InChI=1S/C20H27FN4O2/c1-13-9-22-25(12-17-6-5-7-18(21)8-17)19(13)23-20(26)16(4)24-10-14(2)27-15(3)11-24/h5-9,14-16H,10-12H2,1-4H3,(H,23,26)/t14-,15+,16?. The predicted octanol–water partition coefficient (Wildman–Crippen LogP) is 2.82. The van der Waals surface area contributed by atoms with Gasteiger partial charge in [-0.15, -0.1) is 0 Å². The number of nitrogens with one attached hydrogen (secondary N) is 1. The number of amides is 1. The Morgan fingerprint density at radius 1 is 1.37 bits per heavy atom. The second kappa shape index (κ2) is 8.19. The third-order valence-electron chi connectivity index (χ3n) is 4.86. The number of anilines is 1.